The van der Waals surface area contributed by atoms with Crippen LogP contribution in [0.1, 0.15) is 5.56 Å². The van der Waals surface area contributed by atoms with Crippen LogP contribution in [0.3, 0.4) is 0 Å². The molecule has 0 saturated heterocycles. The fourth-order valence-electron chi connectivity index (χ4n) is 2.26. The average Bonchev–Trinajstić information content (AvgIpc) is 2.48. The van der Waals surface area contributed by atoms with Crippen LogP contribution in [0.2, 0.25) is 0 Å². The Kier molecular flexibility index (Phi) is 3.38. The topological polar surface area (TPSA) is 44.5 Å². The molecule has 0 spiro atoms. The summed E-state index contributed by atoms with van der Waals surface area (Å²) in [6, 6.07) is 17.8. The Morgan fingerprint density at radius 3 is 2.47 bits per heavy atom. The van der Waals surface area contributed by atoms with Gasteiger partial charge in [0.1, 0.15) is 12.7 Å². The standard InChI is InChI=1S/C16H17NO2/c17-13(10-12-6-2-1-3-7-12)16-11-18-14-8-4-5-9-15(14)19-16/h1-9,13,16H,10-11,17H2/t13-,16+/m0/s1. The molecule has 1 heterocycles. The highest BCUT2D eigenvalue weighted by Crippen LogP contribution is 2.31. The maximum Gasteiger partial charge on any atom is 0.161 e. The van der Waals surface area contributed by atoms with Crippen LogP contribution < -0.4 is 15.2 Å². The largest absolute Gasteiger partial charge is 0.486 e. The van der Waals surface area contributed by atoms with Crippen molar-refractivity contribution < 1.29 is 9.47 Å². The zero-order valence-corrected chi connectivity index (χ0v) is 10.7. The average molecular weight is 255 g/mol. The van der Waals surface area contributed by atoms with E-state index in [1.807, 2.05) is 42.5 Å². The summed E-state index contributed by atoms with van der Waals surface area (Å²) in [6.07, 6.45) is 0.687. The maximum atomic E-state index is 6.23. The molecule has 98 valence electrons. The van der Waals surface area contributed by atoms with Gasteiger partial charge in [-0.1, -0.05) is 42.5 Å². The Labute approximate surface area is 113 Å². The van der Waals surface area contributed by atoms with Crippen molar-refractivity contribution in [1.82, 2.24) is 0 Å². The van der Waals surface area contributed by atoms with E-state index in [4.69, 9.17) is 15.2 Å². The van der Waals surface area contributed by atoms with Gasteiger partial charge in [0.05, 0.1) is 0 Å². The minimum absolute atomic E-state index is 0.0734. The van der Waals surface area contributed by atoms with E-state index in [2.05, 4.69) is 12.1 Å². The van der Waals surface area contributed by atoms with E-state index in [1.165, 1.54) is 5.56 Å². The molecule has 2 aromatic carbocycles. The van der Waals surface area contributed by atoms with Gasteiger partial charge in [0.15, 0.2) is 11.5 Å². The highest BCUT2D eigenvalue weighted by atomic mass is 16.6. The molecule has 0 fully saturated rings. The van der Waals surface area contributed by atoms with Gasteiger partial charge >= 0.3 is 0 Å². The summed E-state index contributed by atoms with van der Waals surface area (Å²) in [5.74, 6) is 1.58. The van der Waals surface area contributed by atoms with Gasteiger partial charge in [0.25, 0.3) is 0 Å². The molecule has 0 amide bonds. The molecule has 0 aliphatic carbocycles. The molecule has 3 rings (SSSR count). The molecule has 3 heteroatoms. The molecule has 0 radical (unpaired) electrons. The van der Waals surface area contributed by atoms with Crippen LogP contribution in [0.25, 0.3) is 0 Å². The number of hydrogen-bond donors (Lipinski definition) is 1. The fraction of sp³-hybridized carbons (Fsp3) is 0.250. The van der Waals surface area contributed by atoms with E-state index >= 15 is 0 Å². The molecule has 0 unspecified atom stereocenters. The fourth-order valence-corrected chi connectivity index (χ4v) is 2.26. The van der Waals surface area contributed by atoms with Gasteiger partial charge in [0, 0.05) is 6.04 Å². The molecular weight excluding hydrogens is 238 g/mol. The van der Waals surface area contributed by atoms with Crippen LogP contribution >= 0.6 is 0 Å². The molecule has 3 nitrogen and oxygen atoms in total. The van der Waals surface area contributed by atoms with Crippen LogP contribution in [-0.2, 0) is 6.42 Å². The van der Waals surface area contributed by atoms with E-state index in [1.54, 1.807) is 0 Å². The first-order valence-electron chi connectivity index (χ1n) is 6.51. The lowest BCUT2D eigenvalue weighted by Crippen LogP contribution is -2.46. The summed E-state index contributed by atoms with van der Waals surface area (Å²) in [4.78, 5) is 0. The molecule has 1 aliphatic heterocycles. The lowest BCUT2D eigenvalue weighted by molar-refractivity contribution is 0.0723. The van der Waals surface area contributed by atoms with Crippen molar-refractivity contribution in [2.45, 2.75) is 18.6 Å². The third-order valence-electron chi connectivity index (χ3n) is 3.32. The van der Waals surface area contributed by atoms with E-state index in [0.717, 1.165) is 17.9 Å². The van der Waals surface area contributed by atoms with Gasteiger partial charge in [-0.25, -0.2) is 0 Å². The Morgan fingerprint density at radius 2 is 1.68 bits per heavy atom. The number of nitrogens with two attached hydrogens (primary N) is 1. The van der Waals surface area contributed by atoms with Crippen molar-refractivity contribution in [3.05, 3.63) is 60.2 Å². The minimum Gasteiger partial charge on any atom is -0.486 e. The number of rotatable bonds is 3. The highest BCUT2D eigenvalue weighted by molar-refractivity contribution is 5.40. The Morgan fingerprint density at radius 1 is 1.00 bits per heavy atom. The van der Waals surface area contributed by atoms with Crippen molar-refractivity contribution in [3.63, 3.8) is 0 Å². The van der Waals surface area contributed by atoms with E-state index in [9.17, 15) is 0 Å². The van der Waals surface area contributed by atoms with Crippen molar-refractivity contribution in [1.29, 1.82) is 0 Å². The van der Waals surface area contributed by atoms with Crippen molar-refractivity contribution in [3.8, 4) is 11.5 Å². The van der Waals surface area contributed by atoms with Gasteiger partial charge in [0.2, 0.25) is 0 Å². The number of para-hydroxylation sites is 2. The van der Waals surface area contributed by atoms with Crippen molar-refractivity contribution in [2.75, 3.05) is 6.61 Å². The predicted octanol–water partition coefficient (Wildman–Crippen LogP) is 2.40. The summed E-state index contributed by atoms with van der Waals surface area (Å²) in [7, 11) is 0. The molecule has 1 aliphatic rings. The van der Waals surface area contributed by atoms with E-state index < -0.39 is 0 Å². The number of ether oxygens (including phenoxy) is 2. The lowest BCUT2D eigenvalue weighted by atomic mass is 10.0. The second-order valence-electron chi connectivity index (χ2n) is 4.77. The van der Waals surface area contributed by atoms with Gasteiger partial charge in [-0.15, -0.1) is 0 Å². The van der Waals surface area contributed by atoms with Crippen LogP contribution in [0.5, 0.6) is 11.5 Å². The van der Waals surface area contributed by atoms with Crippen LogP contribution in [0.4, 0.5) is 0 Å². The van der Waals surface area contributed by atoms with Crippen LogP contribution in [-0.4, -0.2) is 18.8 Å². The molecule has 2 N–H and O–H groups in total. The van der Waals surface area contributed by atoms with Crippen LogP contribution in [0, 0.1) is 0 Å². The first kappa shape index (κ1) is 12.1. The van der Waals surface area contributed by atoms with Gasteiger partial charge in [-0.2, -0.15) is 0 Å². The summed E-state index contributed by atoms with van der Waals surface area (Å²) >= 11 is 0. The first-order chi connectivity index (χ1) is 9.33. The van der Waals surface area contributed by atoms with Gasteiger partial charge in [-0.3, -0.25) is 0 Å². The first-order valence-corrected chi connectivity index (χ1v) is 6.51. The molecule has 0 saturated carbocycles. The molecular formula is C16H17NO2. The zero-order chi connectivity index (χ0) is 13.1. The minimum atomic E-state index is -0.102. The summed E-state index contributed by atoms with van der Waals surface area (Å²) in [6.45, 7) is 0.505. The predicted molar refractivity (Wildman–Crippen MR) is 74.5 cm³/mol. The smallest absolute Gasteiger partial charge is 0.161 e. The number of fused-ring (bicyclic) bond motifs is 1. The van der Waals surface area contributed by atoms with Gasteiger partial charge in [-0.05, 0) is 24.1 Å². The summed E-state index contributed by atoms with van der Waals surface area (Å²) < 4.78 is 11.6. The Balaban J connectivity index is 1.68. The van der Waals surface area contributed by atoms with E-state index in [0.29, 0.717) is 6.61 Å². The van der Waals surface area contributed by atoms with Crippen molar-refractivity contribution >= 4 is 0 Å². The summed E-state index contributed by atoms with van der Waals surface area (Å²) in [5, 5.41) is 0. The number of hydrogen-bond acceptors (Lipinski definition) is 3. The highest BCUT2D eigenvalue weighted by Gasteiger charge is 2.26. The molecule has 19 heavy (non-hydrogen) atoms. The monoisotopic (exact) mass is 255 g/mol. The molecule has 2 atom stereocenters. The second kappa shape index (κ2) is 5.33. The lowest BCUT2D eigenvalue weighted by Gasteiger charge is -2.30. The third kappa shape index (κ3) is 2.71. The number of benzene rings is 2. The molecule has 2 aromatic rings. The normalized spacial score (nSPS) is 18.9. The SMILES string of the molecule is N[C@@H](Cc1ccccc1)[C@H]1COc2ccccc2O1. The second-order valence-corrected chi connectivity index (χ2v) is 4.77. The van der Waals surface area contributed by atoms with Gasteiger partial charge < -0.3 is 15.2 Å². The summed E-state index contributed by atoms with van der Waals surface area (Å²) in [5.41, 5.74) is 7.45. The Bertz CT molecular complexity index is 541. The zero-order valence-electron chi connectivity index (χ0n) is 10.7. The maximum absolute atomic E-state index is 6.23. The third-order valence-corrected chi connectivity index (χ3v) is 3.32. The Hall–Kier alpha value is -2.00. The quantitative estimate of drug-likeness (QED) is 0.916. The molecule has 0 bridgehead atoms. The van der Waals surface area contributed by atoms with Crippen molar-refractivity contribution in [2.24, 2.45) is 5.73 Å². The van der Waals surface area contributed by atoms with Crippen LogP contribution in [0.15, 0.2) is 54.6 Å². The van der Waals surface area contributed by atoms with E-state index in [-0.39, 0.29) is 12.1 Å². The molecule has 0 aromatic heterocycles.